The lowest BCUT2D eigenvalue weighted by Crippen LogP contribution is -2.20. The Kier molecular flexibility index (Phi) is 6.88. The number of rotatable bonds is 9. The number of carbonyl (C=O) groups is 1. The van der Waals surface area contributed by atoms with E-state index in [0.29, 0.717) is 24.2 Å². The van der Waals surface area contributed by atoms with Crippen LogP contribution < -0.4 is 9.61 Å². The molecule has 0 aliphatic heterocycles. The highest BCUT2D eigenvalue weighted by Crippen LogP contribution is 2.47. The van der Waals surface area contributed by atoms with E-state index >= 15 is 0 Å². The van der Waals surface area contributed by atoms with Crippen molar-refractivity contribution in [3.8, 4) is 5.75 Å². The predicted molar refractivity (Wildman–Crippen MR) is 95.9 cm³/mol. The quantitative estimate of drug-likeness (QED) is 0.531. The summed E-state index contributed by atoms with van der Waals surface area (Å²) in [5.41, 5.74) is 2.16. The van der Waals surface area contributed by atoms with Gasteiger partial charge in [0.25, 0.3) is 0 Å². The second-order valence-electron chi connectivity index (χ2n) is 6.59. The molecule has 1 aromatic rings. The van der Waals surface area contributed by atoms with Gasteiger partial charge in [0.1, 0.15) is 12.3 Å². The third-order valence-electron chi connectivity index (χ3n) is 4.39. The van der Waals surface area contributed by atoms with Crippen LogP contribution in [0.2, 0.25) is 0 Å². The van der Waals surface area contributed by atoms with E-state index in [2.05, 4.69) is 31.9 Å². The van der Waals surface area contributed by atoms with Crippen LogP contribution in [0.1, 0.15) is 63.5 Å². The molecule has 134 valence electrons. The highest BCUT2D eigenvalue weighted by atomic mass is 31.1. The van der Waals surface area contributed by atoms with E-state index in [1.807, 2.05) is 12.1 Å². The molecular formula is C18H28NO4P. The van der Waals surface area contributed by atoms with Crippen molar-refractivity contribution in [2.45, 2.75) is 52.4 Å². The molecular weight excluding hydrogens is 325 g/mol. The van der Waals surface area contributed by atoms with Gasteiger partial charge in [-0.05, 0) is 48.6 Å². The Morgan fingerprint density at radius 1 is 1.29 bits per heavy atom. The summed E-state index contributed by atoms with van der Waals surface area (Å²) >= 11 is 0. The summed E-state index contributed by atoms with van der Waals surface area (Å²) in [6.07, 6.45) is 2.48. The molecule has 0 heterocycles. The fourth-order valence-electron chi connectivity index (χ4n) is 2.84. The molecule has 2 unspecified atom stereocenters. The summed E-state index contributed by atoms with van der Waals surface area (Å²) in [7, 11) is -2.57. The Morgan fingerprint density at radius 2 is 1.96 bits per heavy atom. The first-order valence-corrected chi connectivity index (χ1v) is 9.99. The van der Waals surface area contributed by atoms with Gasteiger partial charge >= 0.3 is 14.1 Å². The summed E-state index contributed by atoms with van der Waals surface area (Å²) < 4.78 is 22.9. The zero-order valence-electron chi connectivity index (χ0n) is 14.9. The van der Waals surface area contributed by atoms with E-state index in [1.165, 1.54) is 12.8 Å². The molecule has 0 spiro atoms. The highest BCUT2D eigenvalue weighted by Gasteiger charge is 2.31. The molecule has 1 fully saturated rings. The Morgan fingerprint density at radius 3 is 2.54 bits per heavy atom. The second-order valence-corrected chi connectivity index (χ2v) is 7.73. The van der Waals surface area contributed by atoms with Crippen LogP contribution in [-0.4, -0.2) is 19.1 Å². The lowest BCUT2D eigenvalue weighted by molar-refractivity contribution is -0.141. The molecule has 6 heteroatoms. The SMILES string of the molecule is CCOC(=O)CN[PH](=O)Oc1c(C(C)C)cccc1C(C)C1CC1. The minimum absolute atomic E-state index is 0.108. The van der Waals surface area contributed by atoms with Gasteiger partial charge in [0.15, 0.2) is 0 Å². The summed E-state index contributed by atoms with van der Waals surface area (Å²) in [4.78, 5) is 11.4. The Bertz CT molecular complexity index is 599. The van der Waals surface area contributed by atoms with E-state index in [-0.39, 0.29) is 12.5 Å². The van der Waals surface area contributed by atoms with Crippen LogP contribution >= 0.6 is 8.18 Å². The minimum atomic E-state index is -2.57. The molecule has 24 heavy (non-hydrogen) atoms. The fraction of sp³-hybridized carbons (Fsp3) is 0.611. The van der Waals surface area contributed by atoms with Crippen LogP contribution in [-0.2, 0) is 14.1 Å². The molecule has 0 bridgehead atoms. The minimum Gasteiger partial charge on any atom is -0.465 e. The molecule has 0 radical (unpaired) electrons. The molecule has 1 N–H and O–H groups in total. The molecule has 5 nitrogen and oxygen atoms in total. The summed E-state index contributed by atoms with van der Waals surface area (Å²) in [5, 5.41) is 2.64. The van der Waals surface area contributed by atoms with Gasteiger partial charge < -0.3 is 9.26 Å². The number of nitrogens with one attached hydrogen (secondary N) is 1. The summed E-state index contributed by atoms with van der Waals surface area (Å²) in [6.45, 7) is 8.33. The maximum atomic E-state index is 12.3. The lowest BCUT2D eigenvalue weighted by Gasteiger charge is -2.21. The third kappa shape index (κ3) is 5.09. The van der Waals surface area contributed by atoms with Gasteiger partial charge in [-0.15, -0.1) is 0 Å². The molecule has 0 amide bonds. The van der Waals surface area contributed by atoms with Crippen molar-refractivity contribution in [1.29, 1.82) is 0 Å². The second kappa shape index (κ2) is 8.68. The number of carbonyl (C=O) groups excluding carboxylic acids is 1. The van der Waals surface area contributed by atoms with Crippen LogP contribution in [0.4, 0.5) is 0 Å². The highest BCUT2D eigenvalue weighted by molar-refractivity contribution is 7.37. The largest absolute Gasteiger partial charge is 0.465 e. The van der Waals surface area contributed by atoms with Crippen molar-refractivity contribution in [3.05, 3.63) is 29.3 Å². The van der Waals surface area contributed by atoms with Gasteiger partial charge in [-0.1, -0.05) is 39.0 Å². The van der Waals surface area contributed by atoms with E-state index in [9.17, 15) is 9.36 Å². The molecule has 2 atom stereocenters. The van der Waals surface area contributed by atoms with Gasteiger partial charge in [-0.25, -0.2) is 5.09 Å². The Balaban J connectivity index is 2.14. The smallest absolute Gasteiger partial charge is 0.320 e. The number of para-hydroxylation sites is 1. The zero-order valence-corrected chi connectivity index (χ0v) is 15.9. The molecule has 0 saturated heterocycles. The maximum Gasteiger partial charge on any atom is 0.320 e. The average molecular weight is 353 g/mol. The first-order chi connectivity index (χ1) is 11.4. The standard InChI is InChI=1S/C18H28NO4P/c1-5-22-17(20)11-19-24(21)23-18-15(12(2)3)7-6-8-16(18)13(4)14-9-10-14/h6-8,12-14,24H,5,9-11H2,1-4H3,(H,19,21). The monoisotopic (exact) mass is 353 g/mol. The lowest BCUT2D eigenvalue weighted by atomic mass is 9.90. The zero-order chi connectivity index (χ0) is 17.7. The topological polar surface area (TPSA) is 64.6 Å². The summed E-state index contributed by atoms with van der Waals surface area (Å²) in [6, 6.07) is 6.12. The number of hydrogen-bond acceptors (Lipinski definition) is 4. The average Bonchev–Trinajstić information content (AvgIpc) is 3.37. The third-order valence-corrected chi connectivity index (χ3v) is 5.25. The van der Waals surface area contributed by atoms with Crippen molar-refractivity contribution in [2.75, 3.05) is 13.2 Å². The Hall–Kier alpha value is -1.32. The number of benzene rings is 1. The van der Waals surface area contributed by atoms with E-state index in [0.717, 1.165) is 11.1 Å². The first-order valence-electron chi connectivity index (χ1n) is 8.68. The predicted octanol–water partition coefficient (Wildman–Crippen LogP) is 4.24. The molecule has 1 aromatic carbocycles. The van der Waals surface area contributed by atoms with Crippen molar-refractivity contribution in [2.24, 2.45) is 5.92 Å². The van der Waals surface area contributed by atoms with Crippen LogP contribution in [0.5, 0.6) is 5.75 Å². The van der Waals surface area contributed by atoms with Crippen LogP contribution in [0, 0.1) is 5.92 Å². The van der Waals surface area contributed by atoms with Gasteiger partial charge in [0, 0.05) is 0 Å². The molecule has 1 aliphatic rings. The van der Waals surface area contributed by atoms with Crippen molar-refractivity contribution < 1.29 is 18.6 Å². The van der Waals surface area contributed by atoms with E-state index < -0.39 is 14.1 Å². The van der Waals surface area contributed by atoms with Crippen LogP contribution in [0.15, 0.2) is 18.2 Å². The van der Waals surface area contributed by atoms with Crippen molar-refractivity contribution >= 4 is 14.1 Å². The van der Waals surface area contributed by atoms with E-state index in [4.69, 9.17) is 9.26 Å². The van der Waals surface area contributed by atoms with Crippen molar-refractivity contribution in [1.82, 2.24) is 5.09 Å². The molecule has 1 saturated carbocycles. The molecule has 2 rings (SSSR count). The van der Waals surface area contributed by atoms with Gasteiger partial charge in [-0.3, -0.25) is 9.36 Å². The number of ether oxygens (including phenoxy) is 1. The molecule has 0 aromatic heterocycles. The molecule has 1 aliphatic carbocycles. The van der Waals surface area contributed by atoms with E-state index in [1.54, 1.807) is 6.92 Å². The Labute approximate surface area is 145 Å². The van der Waals surface area contributed by atoms with Crippen LogP contribution in [0.3, 0.4) is 0 Å². The first kappa shape index (κ1) is 19.0. The van der Waals surface area contributed by atoms with Gasteiger partial charge in [0.2, 0.25) is 0 Å². The van der Waals surface area contributed by atoms with Gasteiger partial charge in [0.05, 0.1) is 6.61 Å². The van der Waals surface area contributed by atoms with Gasteiger partial charge in [-0.2, -0.15) is 0 Å². The van der Waals surface area contributed by atoms with Crippen molar-refractivity contribution in [3.63, 3.8) is 0 Å². The number of hydrogen-bond donors (Lipinski definition) is 1. The fourth-order valence-corrected chi connectivity index (χ4v) is 3.62. The summed E-state index contributed by atoms with van der Waals surface area (Å²) in [5.74, 6) is 1.63. The van der Waals surface area contributed by atoms with Crippen LogP contribution in [0.25, 0.3) is 0 Å². The normalized spacial score (nSPS) is 16.7. The number of esters is 1. The maximum absolute atomic E-state index is 12.3.